The van der Waals surface area contributed by atoms with E-state index in [2.05, 4.69) is 15.9 Å². The molecule has 2 rings (SSSR count). The first kappa shape index (κ1) is 13.3. The van der Waals surface area contributed by atoms with E-state index in [-0.39, 0.29) is 0 Å². The van der Waals surface area contributed by atoms with Gasteiger partial charge in [-0.1, -0.05) is 30.3 Å². The fourth-order valence-electron chi connectivity index (χ4n) is 1.44. The van der Waals surface area contributed by atoms with Crippen molar-refractivity contribution in [3.05, 3.63) is 58.6 Å². The van der Waals surface area contributed by atoms with Gasteiger partial charge in [0.2, 0.25) is 0 Å². The molecule has 1 atom stereocenters. The zero-order valence-electron chi connectivity index (χ0n) is 9.38. The van der Waals surface area contributed by atoms with Crippen LogP contribution < -0.4 is 4.74 Å². The number of benzene rings is 2. The summed E-state index contributed by atoms with van der Waals surface area (Å²) in [5.41, 5.74) is 1.07. The van der Waals surface area contributed by atoms with Crippen molar-refractivity contribution in [3.63, 3.8) is 0 Å². The summed E-state index contributed by atoms with van der Waals surface area (Å²) < 4.78 is 26.1. The summed E-state index contributed by atoms with van der Waals surface area (Å²) in [4.78, 5) is 0.342. The van der Waals surface area contributed by atoms with Crippen LogP contribution in [0.3, 0.4) is 0 Å². The molecule has 0 radical (unpaired) electrons. The van der Waals surface area contributed by atoms with Crippen molar-refractivity contribution in [1.82, 2.24) is 0 Å². The minimum atomic E-state index is -1.97. The van der Waals surface area contributed by atoms with Gasteiger partial charge in [-0.2, -0.15) is 0 Å². The Morgan fingerprint density at radius 3 is 2.50 bits per heavy atom. The van der Waals surface area contributed by atoms with Crippen LogP contribution in [0, 0.1) is 0 Å². The van der Waals surface area contributed by atoms with Gasteiger partial charge >= 0.3 is 0 Å². The Balaban J connectivity index is 2.08. The van der Waals surface area contributed by atoms with Crippen molar-refractivity contribution in [3.8, 4) is 5.75 Å². The van der Waals surface area contributed by atoms with Crippen molar-refractivity contribution in [2.45, 2.75) is 11.5 Å². The molecular formula is C13H11BrO3S. The largest absolute Gasteiger partial charge is 0.488 e. The summed E-state index contributed by atoms with van der Waals surface area (Å²) >= 11 is 1.35. The summed E-state index contributed by atoms with van der Waals surface area (Å²) in [5, 5.41) is 0. The molecule has 0 heterocycles. The average Bonchev–Trinajstić information content (AvgIpc) is 2.38. The normalized spacial score (nSPS) is 12.1. The summed E-state index contributed by atoms with van der Waals surface area (Å²) in [6.07, 6.45) is 0. The Morgan fingerprint density at radius 2 is 1.89 bits per heavy atom. The highest BCUT2D eigenvalue weighted by molar-refractivity contribution is 9.10. The van der Waals surface area contributed by atoms with Crippen molar-refractivity contribution >= 4 is 27.0 Å². The summed E-state index contributed by atoms with van der Waals surface area (Å²) in [5.74, 6) is 0.646. The molecule has 1 N–H and O–H groups in total. The van der Waals surface area contributed by atoms with Gasteiger partial charge in [0, 0.05) is 0 Å². The Bertz CT molecular complexity index is 557. The molecule has 0 fully saturated rings. The quantitative estimate of drug-likeness (QED) is 0.873. The molecule has 94 valence electrons. The Hall–Kier alpha value is -1.17. The van der Waals surface area contributed by atoms with Gasteiger partial charge in [0.25, 0.3) is 0 Å². The summed E-state index contributed by atoms with van der Waals surface area (Å²) in [7, 11) is 0. The van der Waals surface area contributed by atoms with E-state index in [9.17, 15) is 4.21 Å². The maximum atomic E-state index is 10.9. The molecule has 2 aromatic carbocycles. The SMILES string of the molecule is O=S(O)c1ccc(OCc2ccccc2)c(Br)c1. The second-order valence-electron chi connectivity index (χ2n) is 3.62. The topological polar surface area (TPSA) is 46.5 Å². The molecular weight excluding hydrogens is 316 g/mol. The van der Waals surface area contributed by atoms with Crippen LogP contribution in [0.2, 0.25) is 0 Å². The minimum absolute atomic E-state index is 0.342. The maximum Gasteiger partial charge on any atom is 0.186 e. The average molecular weight is 327 g/mol. The van der Waals surface area contributed by atoms with Gasteiger partial charge < -0.3 is 9.29 Å². The van der Waals surface area contributed by atoms with Crippen LogP contribution in [0.15, 0.2) is 57.9 Å². The van der Waals surface area contributed by atoms with E-state index in [1.54, 1.807) is 18.2 Å². The highest BCUT2D eigenvalue weighted by Gasteiger charge is 2.06. The molecule has 0 spiro atoms. The van der Waals surface area contributed by atoms with Gasteiger partial charge in [-0.25, -0.2) is 4.21 Å². The third-order valence-electron chi connectivity index (χ3n) is 2.34. The van der Waals surface area contributed by atoms with E-state index in [4.69, 9.17) is 9.29 Å². The van der Waals surface area contributed by atoms with Gasteiger partial charge in [0.15, 0.2) is 11.1 Å². The molecule has 0 aromatic heterocycles. The molecule has 0 aliphatic heterocycles. The third kappa shape index (κ3) is 3.41. The minimum Gasteiger partial charge on any atom is -0.488 e. The van der Waals surface area contributed by atoms with E-state index in [0.29, 0.717) is 21.7 Å². The molecule has 5 heteroatoms. The van der Waals surface area contributed by atoms with Crippen molar-refractivity contribution in [1.29, 1.82) is 0 Å². The molecule has 3 nitrogen and oxygen atoms in total. The fraction of sp³-hybridized carbons (Fsp3) is 0.0769. The monoisotopic (exact) mass is 326 g/mol. The van der Waals surface area contributed by atoms with Gasteiger partial charge in [-0.15, -0.1) is 0 Å². The number of rotatable bonds is 4. The van der Waals surface area contributed by atoms with Crippen LogP contribution in [0.4, 0.5) is 0 Å². The van der Waals surface area contributed by atoms with Crippen LogP contribution in [0.25, 0.3) is 0 Å². The highest BCUT2D eigenvalue weighted by Crippen LogP contribution is 2.27. The molecule has 0 amide bonds. The molecule has 18 heavy (non-hydrogen) atoms. The van der Waals surface area contributed by atoms with Crippen LogP contribution >= 0.6 is 15.9 Å². The van der Waals surface area contributed by atoms with Crippen molar-refractivity contribution in [2.75, 3.05) is 0 Å². The zero-order valence-corrected chi connectivity index (χ0v) is 11.8. The molecule has 0 saturated heterocycles. The van der Waals surface area contributed by atoms with Crippen LogP contribution in [-0.2, 0) is 17.7 Å². The molecule has 0 aliphatic rings. The molecule has 0 saturated carbocycles. The molecule has 1 unspecified atom stereocenters. The van der Waals surface area contributed by atoms with Crippen molar-refractivity contribution < 1.29 is 13.5 Å². The van der Waals surface area contributed by atoms with E-state index in [0.717, 1.165) is 5.56 Å². The Kier molecular flexibility index (Phi) is 4.52. The van der Waals surface area contributed by atoms with Gasteiger partial charge in [0.05, 0.1) is 9.37 Å². The number of hydrogen-bond acceptors (Lipinski definition) is 2. The fourth-order valence-corrected chi connectivity index (χ4v) is 2.49. The Labute approximate surface area is 116 Å². The number of hydrogen-bond donors (Lipinski definition) is 1. The standard InChI is InChI=1S/C13H11BrO3S/c14-12-8-11(18(15)16)6-7-13(12)17-9-10-4-2-1-3-5-10/h1-8H,9H2,(H,15,16). The number of halogens is 1. The smallest absolute Gasteiger partial charge is 0.186 e. The molecule has 0 bridgehead atoms. The first-order chi connectivity index (χ1) is 8.66. The molecule has 0 aliphatic carbocycles. The van der Waals surface area contributed by atoms with E-state index < -0.39 is 11.1 Å². The van der Waals surface area contributed by atoms with E-state index >= 15 is 0 Å². The van der Waals surface area contributed by atoms with Crippen LogP contribution in [0.5, 0.6) is 5.75 Å². The second-order valence-corrected chi connectivity index (χ2v) is 5.44. The van der Waals surface area contributed by atoms with Crippen LogP contribution in [-0.4, -0.2) is 8.76 Å². The first-order valence-electron chi connectivity index (χ1n) is 5.24. The zero-order chi connectivity index (χ0) is 13.0. The lowest BCUT2D eigenvalue weighted by Crippen LogP contribution is -1.96. The lowest BCUT2D eigenvalue weighted by molar-refractivity contribution is 0.304. The first-order valence-corrected chi connectivity index (χ1v) is 7.14. The maximum absolute atomic E-state index is 10.9. The predicted molar refractivity (Wildman–Crippen MR) is 74.0 cm³/mol. The highest BCUT2D eigenvalue weighted by atomic mass is 79.9. The molecule has 2 aromatic rings. The third-order valence-corrected chi connectivity index (χ3v) is 3.62. The lowest BCUT2D eigenvalue weighted by atomic mass is 10.2. The van der Waals surface area contributed by atoms with Gasteiger partial charge in [0.1, 0.15) is 12.4 Å². The van der Waals surface area contributed by atoms with E-state index in [1.807, 2.05) is 30.3 Å². The van der Waals surface area contributed by atoms with Gasteiger partial charge in [-0.3, -0.25) is 0 Å². The lowest BCUT2D eigenvalue weighted by Gasteiger charge is -2.08. The predicted octanol–water partition coefficient (Wildman–Crippen LogP) is 3.61. The summed E-state index contributed by atoms with van der Waals surface area (Å²) in [6, 6.07) is 14.6. The summed E-state index contributed by atoms with van der Waals surface area (Å²) in [6.45, 7) is 0.459. The Morgan fingerprint density at radius 1 is 1.17 bits per heavy atom. The number of ether oxygens (including phenoxy) is 1. The van der Waals surface area contributed by atoms with Crippen molar-refractivity contribution in [2.24, 2.45) is 0 Å². The van der Waals surface area contributed by atoms with E-state index in [1.165, 1.54) is 0 Å². The van der Waals surface area contributed by atoms with Gasteiger partial charge in [-0.05, 0) is 39.7 Å². The van der Waals surface area contributed by atoms with Crippen LogP contribution in [0.1, 0.15) is 5.56 Å². The second kappa shape index (κ2) is 6.13.